The number of halogens is 1. The molecule has 0 bridgehead atoms. The van der Waals surface area contributed by atoms with Crippen LogP contribution in [-0.4, -0.2) is 17.4 Å². The molecule has 21 heavy (non-hydrogen) atoms. The average molecular weight is 309 g/mol. The summed E-state index contributed by atoms with van der Waals surface area (Å²) in [6.45, 7) is 2.09. The molecule has 1 saturated carbocycles. The van der Waals surface area contributed by atoms with Crippen LogP contribution in [-0.2, 0) is 16.6 Å². The highest BCUT2D eigenvalue weighted by atomic mass is 35.5. The van der Waals surface area contributed by atoms with Gasteiger partial charge in [-0.1, -0.05) is 37.8 Å². The van der Waals surface area contributed by atoms with Crippen molar-refractivity contribution < 1.29 is 14.7 Å². The van der Waals surface area contributed by atoms with E-state index < -0.39 is 11.4 Å². The average Bonchev–Trinajstić information content (AvgIpc) is 2.95. The second kappa shape index (κ2) is 6.61. The molecule has 0 unspecified atom stereocenters. The summed E-state index contributed by atoms with van der Waals surface area (Å²) in [5.41, 5.74) is 1.18. The fourth-order valence-corrected chi connectivity index (χ4v) is 3.64. The molecule has 1 aromatic carbocycles. The molecule has 1 aliphatic rings. The topological polar surface area (TPSA) is 54.4 Å². The molecule has 0 aromatic heterocycles. The largest absolute Gasteiger partial charge is 0.481 e. The molecule has 4 heteroatoms. The van der Waals surface area contributed by atoms with Gasteiger partial charge in [-0.3, -0.25) is 9.59 Å². The van der Waals surface area contributed by atoms with Crippen molar-refractivity contribution in [1.82, 2.24) is 0 Å². The van der Waals surface area contributed by atoms with E-state index >= 15 is 0 Å². The standard InChI is InChI=1S/C17H21ClO3/c1-2-3-6-12-10-15(18)14(9-13(12)11-19)17(16(20)21)7-4-5-8-17/h9-11H,2-8H2,1H3,(H,20,21). The first-order valence-corrected chi connectivity index (χ1v) is 7.94. The number of benzene rings is 1. The van der Waals surface area contributed by atoms with Crippen molar-refractivity contribution in [2.75, 3.05) is 0 Å². The van der Waals surface area contributed by atoms with Crippen LogP contribution in [0.2, 0.25) is 5.02 Å². The van der Waals surface area contributed by atoms with E-state index in [2.05, 4.69) is 6.92 Å². The van der Waals surface area contributed by atoms with Gasteiger partial charge in [-0.15, -0.1) is 0 Å². The summed E-state index contributed by atoms with van der Waals surface area (Å²) in [6, 6.07) is 3.50. The minimum atomic E-state index is -0.919. The minimum Gasteiger partial charge on any atom is -0.481 e. The Kier molecular flexibility index (Phi) is 5.04. The van der Waals surface area contributed by atoms with Gasteiger partial charge in [0.1, 0.15) is 6.29 Å². The second-order valence-electron chi connectivity index (χ2n) is 5.85. The van der Waals surface area contributed by atoms with Gasteiger partial charge >= 0.3 is 5.97 Å². The SMILES string of the molecule is CCCCc1cc(Cl)c(C2(C(=O)O)CCCC2)cc1C=O. The summed E-state index contributed by atoms with van der Waals surface area (Å²) in [5, 5.41) is 10.2. The summed E-state index contributed by atoms with van der Waals surface area (Å²) in [5.74, 6) is -0.833. The van der Waals surface area contributed by atoms with Gasteiger partial charge in [0, 0.05) is 10.6 Å². The van der Waals surface area contributed by atoms with Gasteiger partial charge < -0.3 is 5.11 Å². The predicted octanol–water partition coefficient (Wildman–Crippen LogP) is 4.39. The van der Waals surface area contributed by atoms with Crippen LogP contribution in [0.4, 0.5) is 0 Å². The summed E-state index contributed by atoms with van der Waals surface area (Å²) < 4.78 is 0. The first-order valence-electron chi connectivity index (χ1n) is 7.56. The molecule has 114 valence electrons. The van der Waals surface area contributed by atoms with Crippen molar-refractivity contribution >= 4 is 23.9 Å². The number of unbranched alkanes of at least 4 members (excludes halogenated alkanes) is 1. The number of carbonyl (C=O) groups is 2. The number of aliphatic carboxylic acids is 1. The van der Waals surface area contributed by atoms with Crippen LogP contribution < -0.4 is 0 Å². The summed E-state index contributed by atoms with van der Waals surface area (Å²) in [7, 11) is 0. The number of aldehydes is 1. The van der Waals surface area contributed by atoms with E-state index in [-0.39, 0.29) is 0 Å². The maximum atomic E-state index is 11.8. The molecule has 2 rings (SSSR count). The van der Waals surface area contributed by atoms with Crippen LogP contribution in [0.1, 0.15) is 66.9 Å². The molecular weight excluding hydrogens is 288 g/mol. The van der Waals surface area contributed by atoms with Gasteiger partial charge in [-0.05, 0) is 48.9 Å². The zero-order valence-corrected chi connectivity index (χ0v) is 13.1. The number of carbonyl (C=O) groups excluding carboxylic acids is 1. The Morgan fingerprint density at radius 3 is 2.57 bits per heavy atom. The highest BCUT2D eigenvalue weighted by Crippen LogP contribution is 2.44. The number of hydrogen-bond donors (Lipinski definition) is 1. The minimum absolute atomic E-state index is 0.482. The van der Waals surface area contributed by atoms with Gasteiger partial charge in [-0.25, -0.2) is 0 Å². The van der Waals surface area contributed by atoms with Crippen LogP contribution in [0.15, 0.2) is 12.1 Å². The Morgan fingerprint density at radius 2 is 2.05 bits per heavy atom. The van der Waals surface area contributed by atoms with Crippen molar-refractivity contribution in [1.29, 1.82) is 0 Å². The van der Waals surface area contributed by atoms with Gasteiger partial charge in [0.25, 0.3) is 0 Å². The number of aryl methyl sites for hydroxylation is 1. The molecular formula is C17H21ClO3. The zero-order chi connectivity index (χ0) is 15.5. The summed E-state index contributed by atoms with van der Waals surface area (Å²) in [4.78, 5) is 23.1. The van der Waals surface area contributed by atoms with E-state index in [1.54, 1.807) is 12.1 Å². The molecule has 0 amide bonds. The van der Waals surface area contributed by atoms with Crippen LogP contribution in [0.5, 0.6) is 0 Å². The van der Waals surface area contributed by atoms with Crippen LogP contribution >= 0.6 is 11.6 Å². The first kappa shape index (κ1) is 16.0. The van der Waals surface area contributed by atoms with Crippen molar-refractivity contribution in [3.63, 3.8) is 0 Å². The summed E-state index contributed by atoms with van der Waals surface area (Å²) >= 11 is 6.37. The van der Waals surface area contributed by atoms with Crippen LogP contribution in [0.3, 0.4) is 0 Å². The van der Waals surface area contributed by atoms with Gasteiger partial charge in [0.2, 0.25) is 0 Å². The molecule has 1 fully saturated rings. The summed E-state index contributed by atoms with van der Waals surface area (Å²) in [6.07, 6.45) is 6.59. The third-order valence-corrected chi connectivity index (χ3v) is 4.85. The number of hydrogen-bond acceptors (Lipinski definition) is 2. The molecule has 0 aliphatic heterocycles. The normalized spacial score (nSPS) is 16.9. The van der Waals surface area contributed by atoms with E-state index in [1.165, 1.54) is 0 Å². The lowest BCUT2D eigenvalue weighted by Crippen LogP contribution is -2.33. The van der Waals surface area contributed by atoms with Crippen molar-refractivity contribution in [2.45, 2.75) is 57.3 Å². The maximum absolute atomic E-state index is 11.8. The maximum Gasteiger partial charge on any atom is 0.314 e. The van der Waals surface area contributed by atoms with Crippen LogP contribution in [0.25, 0.3) is 0 Å². The number of carboxylic acid groups (broad SMARTS) is 1. The monoisotopic (exact) mass is 308 g/mol. The van der Waals surface area contributed by atoms with E-state index in [0.29, 0.717) is 29.0 Å². The van der Waals surface area contributed by atoms with Crippen molar-refractivity contribution in [3.05, 3.63) is 33.8 Å². The number of carboxylic acids is 1. The van der Waals surface area contributed by atoms with Crippen molar-refractivity contribution in [3.8, 4) is 0 Å². The lowest BCUT2D eigenvalue weighted by atomic mass is 9.77. The van der Waals surface area contributed by atoms with Crippen molar-refractivity contribution in [2.24, 2.45) is 0 Å². The molecule has 3 nitrogen and oxygen atoms in total. The van der Waals surface area contributed by atoms with Crippen LogP contribution in [0, 0.1) is 0 Å². The van der Waals surface area contributed by atoms with E-state index in [4.69, 9.17) is 11.6 Å². The zero-order valence-electron chi connectivity index (χ0n) is 12.3. The predicted molar refractivity (Wildman–Crippen MR) is 83.2 cm³/mol. The highest BCUT2D eigenvalue weighted by Gasteiger charge is 2.44. The molecule has 0 radical (unpaired) electrons. The lowest BCUT2D eigenvalue weighted by molar-refractivity contribution is -0.143. The van der Waals surface area contributed by atoms with Gasteiger partial charge in [0.05, 0.1) is 5.41 Å². The Labute approximate surface area is 130 Å². The first-order chi connectivity index (χ1) is 10.0. The Bertz CT molecular complexity index is 545. The molecule has 0 spiro atoms. The molecule has 0 heterocycles. The molecule has 0 saturated heterocycles. The fraction of sp³-hybridized carbons (Fsp3) is 0.529. The van der Waals surface area contributed by atoms with Gasteiger partial charge in [-0.2, -0.15) is 0 Å². The third kappa shape index (κ3) is 2.98. The van der Waals surface area contributed by atoms with E-state index in [9.17, 15) is 14.7 Å². The van der Waals surface area contributed by atoms with E-state index in [1.807, 2.05) is 0 Å². The Balaban J connectivity index is 2.49. The lowest BCUT2D eigenvalue weighted by Gasteiger charge is -2.26. The molecule has 0 atom stereocenters. The Morgan fingerprint density at radius 1 is 1.38 bits per heavy atom. The smallest absolute Gasteiger partial charge is 0.314 e. The number of rotatable bonds is 6. The molecule has 1 N–H and O–H groups in total. The van der Waals surface area contributed by atoms with E-state index in [0.717, 1.165) is 44.0 Å². The third-order valence-electron chi connectivity index (χ3n) is 4.54. The quantitative estimate of drug-likeness (QED) is 0.793. The fourth-order valence-electron chi connectivity index (χ4n) is 3.27. The molecule has 1 aromatic rings. The van der Waals surface area contributed by atoms with Gasteiger partial charge in [0.15, 0.2) is 0 Å². The highest BCUT2D eigenvalue weighted by molar-refractivity contribution is 6.32. The Hall–Kier alpha value is -1.35. The molecule has 1 aliphatic carbocycles. The second-order valence-corrected chi connectivity index (χ2v) is 6.25.